The maximum absolute atomic E-state index is 12.3. The van der Waals surface area contributed by atoms with Crippen LogP contribution in [0.25, 0.3) is 10.2 Å². The van der Waals surface area contributed by atoms with Gasteiger partial charge in [-0.1, -0.05) is 17.4 Å². The minimum Gasteiger partial charge on any atom is -0.497 e. The molecule has 0 bridgehead atoms. The molecule has 0 saturated carbocycles. The molecule has 1 unspecified atom stereocenters. The van der Waals surface area contributed by atoms with Gasteiger partial charge < -0.3 is 15.2 Å². The normalized spacial score (nSPS) is 11.8. The highest BCUT2D eigenvalue weighted by molar-refractivity contribution is 7.22. The Labute approximate surface area is 153 Å². The van der Waals surface area contributed by atoms with Crippen molar-refractivity contribution in [3.05, 3.63) is 48.0 Å². The van der Waals surface area contributed by atoms with Crippen LogP contribution in [0.2, 0.25) is 0 Å². The Balaban J connectivity index is 1.66. The summed E-state index contributed by atoms with van der Waals surface area (Å²) in [5.74, 6) is -0.370. The van der Waals surface area contributed by atoms with Crippen LogP contribution in [-0.2, 0) is 9.53 Å². The molecule has 0 aliphatic rings. The second-order valence-electron chi connectivity index (χ2n) is 5.51. The highest BCUT2D eigenvalue weighted by atomic mass is 32.1. The Morgan fingerprint density at radius 2 is 2.04 bits per heavy atom. The van der Waals surface area contributed by atoms with Gasteiger partial charge in [-0.05, 0) is 43.3 Å². The second kappa shape index (κ2) is 7.40. The summed E-state index contributed by atoms with van der Waals surface area (Å²) in [4.78, 5) is 28.7. The molecule has 0 fully saturated rings. The molecule has 1 atom stereocenters. The SMILES string of the molecule is COc1ccc2nc(NC(=O)C(C)OC(=O)c3cccc(N)c3)sc2c1. The van der Waals surface area contributed by atoms with Crippen molar-refractivity contribution in [1.82, 2.24) is 4.98 Å². The molecule has 0 spiro atoms. The quantitative estimate of drug-likeness (QED) is 0.528. The summed E-state index contributed by atoms with van der Waals surface area (Å²) in [5.41, 5.74) is 7.12. The van der Waals surface area contributed by atoms with Gasteiger partial charge in [0, 0.05) is 5.69 Å². The van der Waals surface area contributed by atoms with Gasteiger partial charge in [0.1, 0.15) is 5.75 Å². The zero-order valence-corrected chi connectivity index (χ0v) is 15.0. The number of esters is 1. The number of nitrogens with one attached hydrogen (secondary N) is 1. The number of methoxy groups -OCH3 is 1. The number of nitrogen functional groups attached to an aromatic ring is 1. The van der Waals surface area contributed by atoms with Gasteiger partial charge in [-0.2, -0.15) is 0 Å². The number of thiazole rings is 1. The van der Waals surface area contributed by atoms with Crippen molar-refractivity contribution in [3.8, 4) is 5.75 Å². The van der Waals surface area contributed by atoms with Crippen LogP contribution < -0.4 is 15.8 Å². The number of aromatic nitrogens is 1. The van der Waals surface area contributed by atoms with Gasteiger partial charge in [-0.3, -0.25) is 10.1 Å². The molecule has 26 heavy (non-hydrogen) atoms. The predicted molar refractivity (Wildman–Crippen MR) is 101 cm³/mol. The Morgan fingerprint density at radius 3 is 2.77 bits per heavy atom. The second-order valence-corrected chi connectivity index (χ2v) is 6.55. The molecule has 8 heteroatoms. The molecular formula is C18H17N3O4S. The topological polar surface area (TPSA) is 104 Å². The third-order valence-corrected chi connectivity index (χ3v) is 4.53. The van der Waals surface area contributed by atoms with Crippen molar-refractivity contribution in [2.24, 2.45) is 0 Å². The molecule has 0 radical (unpaired) electrons. The monoisotopic (exact) mass is 371 g/mol. The van der Waals surface area contributed by atoms with E-state index in [4.69, 9.17) is 15.2 Å². The number of nitrogens with zero attached hydrogens (tertiary/aromatic N) is 1. The van der Waals surface area contributed by atoms with Crippen molar-refractivity contribution < 1.29 is 19.1 Å². The minimum atomic E-state index is -0.981. The molecule has 0 aliphatic carbocycles. The largest absolute Gasteiger partial charge is 0.497 e. The molecule has 3 N–H and O–H groups in total. The zero-order chi connectivity index (χ0) is 18.7. The number of carbonyl (C=O) groups is 2. The molecule has 3 rings (SSSR count). The average molecular weight is 371 g/mol. The number of nitrogens with two attached hydrogens (primary N) is 1. The molecule has 1 aromatic heterocycles. The Kier molecular flexibility index (Phi) is 5.04. The van der Waals surface area contributed by atoms with E-state index in [1.807, 2.05) is 12.1 Å². The molecular weight excluding hydrogens is 354 g/mol. The maximum Gasteiger partial charge on any atom is 0.338 e. The van der Waals surface area contributed by atoms with Crippen LogP contribution in [-0.4, -0.2) is 30.1 Å². The number of hydrogen-bond acceptors (Lipinski definition) is 7. The summed E-state index contributed by atoms with van der Waals surface area (Å²) < 4.78 is 11.2. The summed E-state index contributed by atoms with van der Waals surface area (Å²) in [6.45, 7) is 1.50. The number of rotatable bonds is 5. The molecule has 7 nitrogen and oxygen atoms in total. The Hall–Kier alpha value is -3.13. The van der Waals surface area contributed by atoms with Crippen LogP contribution in [0.5, 0.6) is 5.75 Å². The number of benzene rings is 2. The van der Waals surface area contributed by atoms with Crippen molar-refractivity contribution >= 4 is 44.2 Å². The summed E-state index contributed by atoms with van der Waals surface area (Å²) in [6.07, 6.45) is -0.981. The van der Waals surface area contributed by atoms with Crippen LogP contribution in [0.15, 0.2) is 42.5 Å². The van der Waals surface area contributed by atoms with Crippen molar-refractivity contribution in [3.63, 3.8) is 0 Å². The zero-order valence-electron chi connectivity index (χ0n) is 14.2. The summed E-state index contributed by atoms with van der Waals surface area (Å²) in [7, 11) is 1.58. The lowest BCUT2D eigenvalue weighted by Crippen LogP contribution is -2.29. The van der Waals surface area contributed by atoms with Gasteiger partial charge in [-0.25, -0.2) is 9.78 Å². The number of amides is 1. The van der Waals surface area contributed by atoms with Gasteiger partial charge in [0.2, 0.25) is 0 Å². The third kappa shape index (κ3) is 3.92. The van der Waals surface area contributed by atoms with Gasteiger partial charge in [0.15, 0.2) is 11.2 Å². The number of anilines is 2. The van der Waals surface area contributed by atoms with Gasteiger partial charge in [-0.15, -0.1) is 0 Å². The smallest absolute Gasteiger partial charge is 0.338 e. The highest BCUT2D eigenvalue weighted by Gasteiger charge is 2.20. The number of ether oxygens (including phenoxy) is 2. The van der Waals surface area contributed by atoms with Crippen molar-refractivity contribution in [2.45, 2.75) is 13.0 Å². The summed E-state index contributed by atoms with van der Waals surface area (Å²) >= 11 is 1.31. The molecule has 3 aromatic rings. The van der Waals surface area contributed by atoms with Gasteiger partial charge in [0.05, 0.1) is 22.9 Å². The van der Waals surface area contributed by atoms with Crippen LogP contribution >= 0.6 is 11.3 Å². The van der Waals surface area contributed by atoms with Crippen LogP contribution in [0, 0.1) is 0 Å². The first-order chi connectivity index (χ1) is 12.5. The lowest BCUT2D eigenvalue weighted by molar-refractivity contribution is -0.123. The van der Waals surface area contributed by atoms with Crippen LogP contribution in [0.1, 0.15) is 17.3 Å². The van der Waals surface area contributed by atoms with E-state index in [0.29, 0.717) is 16.6 Å². The predicted octanol–water partition coefficient (Wildman–Crippen LogP) is 3.07. The van der Waals surface area contributed by atoms with Crippen molar-refractivity contribution in [2.75, 3.05) is 18.2 Å². The van der Waals surface area contributed by atoms with Gasteiger partial charge >= 0.3 is 5.97 Å². The first-order valence-corrected chi connectivity index (χ1v) is 8.60. The van der Waals surface area contributed by atoms with E-state index in [1.165, 1.54) is 24.3 Å². The number of fused-ring (bicyclic) bond motifs is 1. The van der Waals surface area contributed by atoms with E-state index in [1.54, 1.807) is 31.4 Å². The summed E-state index contributed by atoms with van der Waals surface area (Å²) in [5, 5.41) is 3.08. The Morgan fingerprint density at radius 1 is 1.23 bits per heavy atom. The lowest BCUT2D eigenvalue weighted by atomic mass is 10.2. The molecule has 1 heterocycles. The van der Waals surface area contributed by atoms with E-state index in [-0.39, 0.29) is 5.56 Å². The summed E-state index contributed by atoms with van der Waals surface area (Å²) in [6, 6.07) is 11.8. The molecule has 0 aliphatic heterocycles. The minimum absolute atomic E-state index is 0.289. The van der Waals surface area contributed by atoms with E-state index >= 15 is 0 Å². The van der Waals surface area contributed by atoms with Crippen LogP contribution in [0.3, 0.4) is 0 Å². The first kappa shape index (κ1) is 17.7. The lowest BCUT2D eigenvalue weighted by Gasteiger charge is -2.12. The maximum atomic E-state index is 12.3. The molecule has 2 aromatic carbocycles. The average Bonchev–Trinajstić information content (AvgIpc) is 3.02. The fourth-order valence-electron chi connectivity index (χ4n) is 2.24. The fourth-order valence-corrected chi connectivity index (χ4v) is 3.14. The van der Waals surface area contributed by atoms with Gasteiger partial charge in [0.25, 0.3) is 5.91 Å². The van der Waals surface area contributed by atoms with E-state index in [9.17, 15) is 9.59 Å². The number of hydrogen-bond donors (Lipinski definition) is 2. The Bertz CT molecular complexity index is 970. The van der Waals surface area contributed by atoms with Crippen molar-refractivity contribution in [1.29, 1.82) is 0 Å². The standard InChI is InChI=1S/C18H17N3O4S/c1-10(25-17(23)11-4-3-5-12(19)8-11)16(22)21-18-20-14-7-6-13(24-2)9-15(14)26-18/h3-10H,19H2,1-2H3,(H,20,21,22). The number of carbonyl (C=O) groups excluding carboxylic acids is 2. The molecule has 0 saturated heterocycles. The molecule has 1 amide bonds. The van der Waals surface area contributed by atoms with E-state index in [0.717, 1.165) is 10.2 Å². The first-order valence-electron chi connectivity index (χ1n) is 7.78. The van der Waals surface area contributed by atoms with E-state index in [2.05, 4.69) is 10.3 Å². The third-order valence-electron chi connectivity index (χ3n) is 3.60. The van der Waals surface area contributed by atoms with Crippen LogP contribution in [0.4, 0.5) is 10.8 Å². The fraction of sp³-hybridized carbons (Fsp3) is 0.167. The highest BCUT2D eigenvalue weighted by Crippen LogP contribution is 2.29. The molecule has 134 valence electrons. The van der Waals surface area contributed by atoms with E-state index < -0.39 is 18.0 Å².